The van der Waals surface area contributed by atoms with E-state index < -0.39 is 5.91 Å². The monoisotopic (exact) mass is 488 g/mol. The number of hydrogen-bond donors (Lipinski definition) is 1. The number of carbonyl (C=O) groups excluding carboxylic acids is 3. The number of carbonyl (C=O) groups is 3. The van der Waals surface area contributed by atoms with E-state index in [0.717, 1.165) is 21.4 Å². The number of nitrogens with one attached hydrogen (secondary N) is 1. The summed E-state index contributed by atoms with van der Waals surface area (Å²) in [5.41, 5.74) is 2.60. The summed E-state index contributed by atoms with van der Waals surface area (Å²) >= 11 is 9.46. The Bertz CT molecular complexity index is 1010. The zero-order chi connectivity index (χ0) is 21.4. The van der Waals surface area contributed by atoms with E-state index in [9.17, 15) is 14.4 Å². The molecule has 3 atom stereocenters. The van der Waals surface area contributed by atoms with Crippen molar-refractivity contribution >= 4 is 50.9 Å². The van der Waals surface area contributed by atoms with Crippen LogP contribution in [0.4, 0.5) is 5.69 Å². The number of nitrogens with zero attached hydrogens (tertiary/aromatic N) is 1. The van der Waals surface area contributed by atoms with Crippen molar-refractivity contribution in [3.63, 3.8) is 0 Å². The predicted molar refractivity (Wildman–Crippen MR) is 119 cm³/mol. The van der Waals surface area contributed by atoms with Crippen LogP contribution in [-0.2, 0) is 14.4 Å². The van der Waals surface area contributed by atoms with E-state index in [1.807, 2.05) is 31.2 Å². The van der Waals surface area contributed by atoms with Crippen LogP contribution in [0, 0.1) is 18.8 Å². The summed E-state index contributed by atoms with van der Waals surface area (Å²) in [5.74, 6) is -1.24. The number of imide groups is 1. The number of halogens is 2. The lowest BCUT2D eigenvalue weighted by molar-refractivity contribution is -0.142. The van der Waals surface area contributed by atoms with Gasteiger partial charge in [0.2, 0.25) is 17.7 Å². The van der Waals surface area contributed by atoms with Crippen molar-refractivity contribution in [3.8, 4) is 0 Å². The van der Waals surface area contributed by atoms with Gasteiger partial charge in [0.25, 0.3) is 0 Å². The van der Waals surface area contributed by atoms with Gasteiger partial charge in [-0.3, -0.25) is 19.3 Å². The minimum atomic E-state index is -0.406. The minimum absolute atomic E-state index is 0.225. The number of fused-ring (bicyclic) bond motifs is 1. The number of amides is 3. The van der Waals surface area contributed by atoms with Crippen molar-refractivity contribution in [3.05, 3.63) is 63.1 Å². The molecule has 7 heteroatoms. The van der Waals surface area contributed by atoms with Gasteiger partial charge < -0.3 is 5.32 Å². The molecule has 1 heterocycles. The van der Waals surface area contributed by atoms with Crippen LogP contribution in [0.15, 0.2) is 46.9 Å². The van der Waals surface area contributed by atoms with Gasteiger partial charge in [0.05, 0.1) is 16.9 Å². The third-order valence-corrected chi connectivity index (χ3v) is 7.33. The van der Waals surface area contributed by atoms with Gasteiger partial charge in [0.1, 0.15) is 6.54 Å². The summed E-state index contributed by atoms with van der Waals surface area (Å²) in [5, 5.41) is 3.25. The Balaban J connectivity index is 1.44. The van der Waals surface area contributed by atoms with Gasteiger partial charge in [-0.2, -0.15) is 0 Å². The van der Waals surface area contributed by atoms with Crippen molar-refractivity contribution in [2.75, 3.05) is 11.9 Å². The van der Waals surface area contributed by atoms with E-state index in [0.29, 0.717) is 23.6 Å². The fourth-order valence-electron chi connectivity index (χ4n) is 4.55. The molecule has 0 radical (unpaired) electrons. The summed E-state index contributed by atoms with van der Waals surface area (Å²) in [6.07, 6.45) is 2.20. The van der Waals surface area contributed by atoms with Crippen molar-refractivity contribution in [1.82, 2.24) is 4.90 Å². The van der Waals surface area contributed by atoms with Crippen LogP contribution in [-0.4, -0.2) is 29.2 Å². The van der Waals surface area contributed by atoms with E-state index in [4.69, 9.17) is 11.6 Å². The zero-order valence-electron chi connectivity index (χ0n) is 16.5. The maximum atomic E-state index is 13.0. The molecule has 0 aromatic heterocycles. The third-order valence-electron chi connectivity index (χ3n) is 6.13. The molecule has 1 saturated carbocycles. The lowest BCUT2D eigenvalue weighted by Crippen LogP contribution is -2.38. The van der Waals surface area contributed by atoms with Gasteiger partial charge in [-0.25, -0.2) is 0 Å². The Hall–Kier alpha value is -2.18. The quantitative estimate of drug-likeness (QED) is 0.620. The highest BCUT2D eigenvalue weighted by atomic mass is 79.9. The molecule has 0 bridgehead atoms. The average molecular weight is 490 g/mol. The van der Waals surface area contributed by atoms with Crippen LogP contribution in [0.5, 0.6) is 0 Å². The normalized spacial score (nSPS) is 23.4. The SMILES string of the molecule is Cc1cc(Br)c(Cl)cc1NC(=O)CN1C(=O)C2CCC(c3ccccc3)CC2C1=O. The topological polar surface area (TPSA) is 66.5 Å². The average Bonchev–Trinajstić information content (AvgIpc) is 2.97. The molecule has 4 rings (SSSR count). The maximum Gasteiger partial charge on any atom is 0.244 e. The molecule has 2 fully saturated rings. The fraction of sp³-hybridized carbons (Fsp3) is 0.348. The molecular weight excluding hydrogens is 468 g/mol. The molecule has 30 heavy (non-hydrogen) atoms. The van der Waals surface area contributed by atoms with Gasteiger partial charge in [-0.05, 0) is 71.3 Å². The first-order chi connectivity index (χ1) is 14.3. The molecular formula is C23H22BrClN2O3. The molecule has 5 nitrogen and oxygen atoms in total. The zero-order valence-corrected chi connectivity index (χ0v) is 18.9. The fourth-order valence-corrected chi connectivity index (χ4v) is 5.17. The van der Waals surface area contributed by atoms with Crippen LogP contribution in [0.1, 0.15) is 36.3 Å². The number of aryl methyl sites for hydroxylation is 1. The van der Waals surface area contributed by atoms with Crippen LogP contribution < -0.4 is 5.32 Å². The number of benzene rings is 2. The molecule has 2 aliphatic rings. The molecule has 156 valence electrons. The first-order valence-electron chi connectivity index (χ1n) is 10.0. The Morgan fingerprint density at radius 1 is 1.13 bits per heavy atom. The molecule has 1 N–H and O–H groups in total. The Morgan fingerprint density at radius 2 is 1.83 bits per heavy atom. The smallest absolute Gasteiger partial charge is 0.244 e. The van der Waals surface area contributed by atoms with E-state index >= 15 is 0 Å². The molecule has 3 amide bonds. The van der Waals surface area contributed by atoms with Gasteiger partial charge in [-0.15, -0.1) is 0 Å². The van der Waals surface area contributed by atoms with E-state index in [2.05, 4.69) is 33.4 Å². The van der Waals surface area contributed by atoms with Gasteiger partial charge in [0.15, 0.2) is 0 Å². The molecule has 1 aliphatic heterocycles. The second-order valence-corrected chi connectivity index (χ2v) is 9.29. The Labute approximate surface area is 188 Å². The standard InChI is InChI=1S/C23H22BrClN2O3/c1-13-9-18(24)19(25)11-20(13)26-21(28)12-27-22(29)16-8-7-15(10-17(16)23(27)30)14-5-3-2-4-6-14/h2-6,9,11,15-17H,7-8,10,12H2,1H3,(H,26,28). The summed E-state index contributed by atoms with van der Waals surface area (Å²) in [7, 11) is 0. The van der Waals surface area contributed by atoms with Crippen LogP contribution >= 0.6 is 27.5 Å². The van der Waals surface area contributed by atoms with Gasteiger partial charge in [-0.1, -0.05) is 41.9 Å². The summed E-state index contributed by atoms with van der Waals surface area (Å²) in [4.78, 5) is 39.5. The lowest BCUT2D eigenvalue weighted by atomic mass is 9.73. The third kappa shape index (κ3) is 4.03. The highest BCUT2D eigenvalue weighted by molar-refractivity contribution is 9.10. The number of anilines is 1. The van der Waals surface area contributed by atoms with Gasteiger partial charge >= 0.3 is 0 Å². The highest BCUT2D eigenvalue weighted by Gasteiger charge is 2.50. The second-order valence-electron chi connectivity index (χ2n) is 8.03. The highest BCUT2D eigenvalue weighted by Crippen LogP contribution is 2.44. The van der Waals surface area contributed by atoms with Crippen molar-refractivity contribution in [1.29, 1.82) is 0 Å². The molecule has 2 aromatic carbocycles. The molecule has 1 saturated heterocycles. The van der Waals surface area contributed by atoms with Crippen molar-refractivity contribution in [2.45, 2.75) is 32.1 Å². The van der Waals surface area contributed by atoms with Crippen LogP contribution in [0.2, 0.25) is 5.02 Å². The largest absolute Gasteiger partial charge is 0.324 e. The van der Waals surface area contributed by atoms with E-state index in [1.165, 1.54) is 5.56 Å². The van der Waals surface area contributed by atoms with Gasteiger partial charge in [0, 0.05) is 10.2 Å². The first kappa shape index (κ1) is 21.1. The van der Waals surface area contributed by atoms with Crippen molar-refractivity contribution in [2.24, 2.45) is 11.8 Å². The van der Waals surface area contributed by atoms with E-state index in [-0.39, 0.29) is 36.1 Å². The van der Waals surface area contributed by atoms with Crippen molar-refractivity contribution < 1.29 is 14.4 Å². The second kappa shape index (κ2) is 8.52. The summed E-state index contributed by atoms with van der Waals surface area (Å²) < 4.78 is 0.738. The number of likely N-dealkylation sites (tertiary alicyclic amines) is 1. The predicted octanol–water partition coefficient (Wildman–Crippen LogP) is 4.92. The Kier molecular flexibility index (Phi) is 5.98. The maximum absolute atomic E-state index is 13.0. The molecule has 0 spiro atoms. The van der Waals surface area contributed by atoms with Crippen LogP contribution in [0.25, 0.3) is 0 Å². The van der Waals surface area contributed by atoms with Crippen LogP contribution in [0.3, 0.4) is 0 Å². The minimum Gasteiger partial charge on any atom is -0.324 e. The first-order valence-corrected chi connectivity index (χ1v) is 11.2. The summed E-state index contributed by atoms with van der Waals surface area (Å²) in [6.45, 7) is 1.58. The molecule has 3 unspecified atom stereocenters. The molecule has 1 aliphatic carbocycles. The lowest BCUT2D eigenvalue weighted by Gasteiger charge is -2.28. The summed E-state index contributed by atoms with van der Waals surface area (Å²) in [6, 6.07) is 13.6. The number of hydrogen-bond acceptors (Lipinski definition) is 3. The number of rotatable bonds is 4. The van der Waals surface area contributed by atoms with E-state index in [1.54, 1.807) is 6.07 Å². The Morgan fingerprint density at radius 3 is 2.57 bits per heavy atom. The molecule has 2 aromatic rings.